The lowest BCUT2D eigenvalue weighted by atomic mass is 9.61. The maximum Gasteiger partial charge on any atom is 0.306 e. The van der Waals surface area contributed by atoms with Gasteiger partial charge in [-0.05, 0) is 67.9 Å². The number of ether oxygens (including phenoxy) is 2. The van der Waals surface area contributed by atoms with Gasteiger partial charge in [-0.15, -0.1) is 0 Å². The molecule has 6 heteroatoms. The maximum absolute atomic E-state index is 11.4. The number of rotatable bonds is 5. The number of carboxylic acid groups (broad SMARTS) is 1. The highest BCUT2D eigenvalue weighted by atomic mass is 16.7. The van der Waals surface area contributed by atoms with E-state index >= 15 is 0 Å². The third kappa shape index (κ3) is 3.86. The lowest BCUT2D eigenvalue weighted by Crippen LogP contribution is -2.57. The van der Waals surface area contributed by atoms with Crippen molar-refractivity contribution in [1.29, 1.82) is 0 Å². The molecule has 2 saturated carbocycles. The summed E-state index contributed by atoms with van der Waals surface area (Å²) in [5.74, 6) is 2.18. The summed E-state index contributed by atoms with van der Waals surface area (Å²) in [7, 11) is 0. The van der Waals surface area contributed by atoms with E-state index in [1.165, 1.54) is 6.42 Å². The van der Waals surface area contributed by atoms with Gasteiger partial charge in [0.1, 0.15) is 0 Å². The zero-order valence-electron chi connectivity index (χ0n) is 18.4. The van der Waals surface area contributed by atoms with Crippen LogP contribution in [0.25, 0.3) is 0 Å². The second-order valence-corrected chi connectivity index (χ2v) is 10.0. The molecule has 1 aromatic carbocycles. The van der Waals surface area contributed by atoms with Gasteiger partial charge in [0.15, 0.2) is 11.5 Å². The number of nitrogen functional groups attached to an aromatic ring is 1. The largest absolute Gasteiger partial charge is 0.481 e. The van der Waals surface area contributed by atoms with Crippen LogP contribution in [0.2, 0.25) is 0 Å². The fourth-order valence-electron chi connectivity index (χ4n) is 6.16. The van der Waals surface area contributed by atoms with Gasteiger partial charge in [-0.1, -0.05) is 27.2 Å². The van der Waals surface area contributed by atoms with Crippen LogP contribution in [0, 0.1) is 23.7 Å². The summed E-state index contributed by atoms with van der Waals surface area (Å²) in [6.07, 6.45) is 6.67. The number of carboxylic acids is 1. The van der Waals surface area contributed by atoms with Gasteiger partial charge >= 0.3 is 5.97 Å². The molecule has 1 heterocycles. The van der Waals surface area contributed by atoms with Crippen molar-refractivity contribution in [3.05, 3.63) is 17.7 Å². The Morgan fingerprint density at radius 1 is 1.13 bits per heavy atom. The van der Waals surface area contributed by atoms with Gasteiger partial charge in [0, 0.05) is 23.3 Å². The van der Waals surface area contributed by atoms with Crippen molar-refractivity contribution >= 4 is 11.7 Å². The molecule has 0 spiro atoms. The molecule has 4 rings (SSSR count). The summed E-state index contributed by atoms with van der Waals surface area (Å²) in [5.41, 5.74) is 8.27. The van der Waals surface area contributed by atoms with E-state index in [9.17, 15) is 9.90 Å². The fraction of sp³-hybridized carbons (Fsp3) is 0.708. The molecule has 0 aromatic heterocycles. The molecule has 6 nitrogen and oxygen atoms in total. The summed E-state index contributed by atoms with van der Waals surface area (Å²) < 4.78 is 11.3. The van der Waals surface area contributed by atoms with Crippen LogP contribution in [-0.4, -0.2) is 23.9 Å². The Kier molecular flexibility index (Phi) is 5.88. The Bertz CT molecular complexity index is 788. The van der Waals surface area contributed by atoms with Crippen molar-refractivity contribution in [1.82, 2.24) is 5.32 Å². The van der Waals surface area contributed by atoms with Crippen molar-refractivity contribution in [2.75, 3.05) is 12.5 Å². The molecule has 3 unspecified atom stereocenters. The highest BCUT2D eigenvalue weighted by Crippen LogP contribution is 2.52. The average Bonchev–Trinajstić information content (AvgIpc) is 3.14. The Hall–Kier alpha value is -1.95. The van der Waals surface area contributed by atoms with Crippen LogP contribution in [0.4, 0.5) is 5.69 Å². The number of nitrogens with one attached hydrogen (secondary N) is 1. The predicted octanol–water partition coefficient (Wildman–Crippen LogP) is 4.52. The number of anilines is 1. The number of carbonyl (C=O) groups is 1. The second kappa shape index (κ2) is 8.29. The Morgan fingerprint density at radius 3 is 2.43 bits per heavy atom. The minimum absolute atomic E-state index is 0.208. The standard InChI is InChI=1S/C24H36N2O4/c1-14(2)18-9-4-15(3)12-24(18,26-17-7-5-16(6-8-17)23(27)28)19-10-21-22(11-20(19)25)30-13-29-21/h10-11,14-18,26H,4-9,12-13,25H2,1-3H3,(H,27,28). The normalized spacial score (nSPS) is 33.6. The molecule has 166 valence electrons. The van der Waals surface area contributed by atoms with E-state index in [0.29, 0.717) is 23.8 Å². The number of aliphatic carboxylic acids is 1. The van der Waals surface area contributed by atoms with Crippen LogP contribution in [0.1, 0.15) is 71.3 Å². The molecule has 0 bridgehead atoms. The van der Waals surface area contributed by atoms with Crippen LogP contribution in [0.5, 0.6) is 11.5 Å². The lowest BCUT2D eigenvalue weighted by Gasteiger charge is -2.52. The van der Waals surface area contributed by atoms with E-state index < -0.39 is 5.97 Å². The van der Waals surface area contributed by atoms with Gasteiger partial charge in [0.2, 0.25) is 6.79 Å². The monoisotopic (exact) mass is 416 g/mol. The number of benzene rings is 1. The van der Waals surface area contributed by atoms with Gasteiger partial charge in [0.25, 0.3) is 0 Å². The lowest BCUT2D eigenvalue weighted by molar-refractivity contribution is -0.143. The molecule has 3 atom stereocenters. The zero-order chi connectivity index (χ0) is 21.5. The molecular weight excluding hydrogens is 380 g/mol. The first-order valence-corrected chi connectivity index (χ1v) is 11.5. The van der Waals surface area contributed by atoms with Crippen molar-refractivity contribution < 1.29 is 19.4 Å². The van der Waals surface area contributed by atoms with Gasteiger partial charge in [-0.3, -0.25) is 4.79 Å². The average molecular weight is 417 g/mol. The maximum atomic E-state index is 11.4. The number of nitrogens with two attached hydrogens (primary N) is 1. The quantitative estimate of drug-likeness (QED) is 0.611. The third-order valence-electron chi connectivity index (χ3n) is 7.64. The molecule has 0 radical (unpaired) electrons. The smallest absolute Gasteiger partial charge is 0.306 e. The van der Waals surface area contributed by atoms with Crippen molar-refractivity contribution in [3.8, 4) is 11.5 Å². The molecule has 2 fully saturated rings. The van der Waals surface area contributed by atoms with Gasteiger partial charge in [-0.25, -0.2) is 0 Å². The van der Waals surface area contributed by atoms with Crippen molar-refractivity contribution in [2.24, 2.45) is 23.7 Å². The molecule has 1 aromatic rings. The van der Waals surface area contributed by atoms with Crippen LogP contribution in [0.15, 0.2) is 12.1 Å². The van der Waals surface area contributed by atoms with Crippen molar-refractivity contribution in [3.63, 3.8) is 0 Å². The predicted molar refractivity (Wildman–Crippen MR) is 117 cm³/mol. The Labute approximate surface area is 179 Å². The minimum atomic E-state index is -0.658. The highest BCUT2D eigenvalue weighted by molar-refractivity contribution is 5.70. The third-order valence-corrected chi connectivity index (χ3v) is 7.64. The minimum Gasteiger partial charge on any atom is -0.481 e. The molecule has 30 heavy (non-hydrogen) atoms. The zero-order valence-corrected chi connectivity index (χ0v) is 18.4. The topological polar surface area (TPSA) is 93.8 Å². The van der Waals surface area contributed by atoms with E-state index in [2.05, 4.69) is 32.2 Å². The number of hydrogen-bond donors (Lipinski definition) is 3. The first-order chi connectivity index (χ1) is 14.3. The first-order valence-electron chi connectivity index (χ1n) is 11.5. The Balaban J connectivity index is 1.71. The molecule has 4 N–H and O–H groups in total. The van der Waals surface area contributed by atoms with E-state index in [1.807, 2.05) is 6.07 Å². The summed E-state index contributed by atoms with van der Waals surface area (Å²) in [6.45, 7) is 7.18. The Morgan fingerprint density at radius 2 is 1.80 bits per heavy atom. The first kappa shape index (κ1) is 21.3. The van der Waals surface area contributed by atoms with E-state index in [-0.39, 0.29) is 18.2 Å². The fourth-order valence-corrected chi connectivity index (χ4v) is 6.16. The van der Waals surface area contributed by atoms with E-state index in [1.54, 1.807) is 0 Å². The van der Waals surface area contributed by atoms with Crippen LogP contribution < -0.4 is 20.5 Å². The molecule has 2 aliphatic carbocycles. The summed E-state index contributed by atoms with van der Waals surface area (Å²) in [4.78, 5) is 11.4. The summed E-state index contributed by atoms with van der Waals surface area (Å²) >= 11 is 0. The van der Waals surface area contributed by atoms with E-state index in [4.69, 9.17) is 15.2 Å². The second-order valence-electron chi connectivity index (χ2n) is 10.0. The molecule has 3 aliphatic rings. The van der Waals surface area contributed by atoms with Crippen molar-refractivity contribution in [2.45, 2.75) is 77.3 Å². The molecule has 0 saturated heterocycles. The number of hydrogen-bond acceptors (Lipinski definition) is 5. The summed E-state index contributed by atoms with van der Waals surface area (Å²) in [5, 5.41) is 13.5. The van der Waals surface area contributed by atoms with E-state index in [0.717, 1.165) is 61.3 Å². The SMILES string of the molecule is CC1CCC(C(C)C)C(NC2CCC(C(=O)O)CC2)(c2cc3c(cc2N)OCO3)C1. The van der Waals surface area contributed by atoms with Crippen LogP contribution >= 0.6 is 0 Å². The highest BCUT2D eigenvalue weighted by Gasteiger charge is 2.48. The molecule has 0 amide bonds. The summed E-state index contributed by atoms with van der Waals surface area (Å²) in [6, 6.07) is 4.32. The van der Waals surface area contributed by atoms with Crippen LogP contribution in [-0.2, 0) is 10.3 Å². The van der Waals surface area contributed by atoms with Crippen LogP contribution in [0.3, 0.4) is 0 Å². The van der Waals surface area contributed by atoms with Gasteiger partial charge < -0.3 is 25.6 Å². The number of fused-ring (bicyclic) bond motifs is 1. The van der Waals surface area contributed by atoms with Gasteiger partial charge in [-0.2, -0.15) is 0 Å². The van der Waals surface area contributed by atoms with Gasteiger partial charge in [0.05, 0.1) is 5.92 Å². The molecule has 1 aliphatic heterocycles. The molecular formula is C24H36N2O4.